The van der Waals surface area contributed by atoms with E-state index in [1.165, 1.54) is 0 Å². The van der Waals surface area contributed by atoms with Gasteiger partial charge in [-0.25, -0.2) is 4.79 Å². The van der Waals surface area contributed by atoms with Crippen LogP contribution in [0.15, 0.2) is 0 Å². The quantitative estimate of drug-likeness (QED) is 0.733. The zero-order valence-electron chi connectivity index (χ0n) is 16.9. The normalized spacial score (nSPS) is 32.1. The number of carbonyl (C=O) groups is 3. The Kier molecular flexibility index (Phi) is 5.52. The minimum Gasteiger partial charge on any atom is -0.337 e. The van der Waals surface area contributed by atoms with E-state index in [0.717, 1.165) is 37.0 Å². The minimum atomic E-state index is -0.811. The van der Waals surface area contributed by atoms with Gasteiger partial charge in [-0.3, -0.25) is 14.5 Å². The molecule has 152 valence electrons. The van der Waals surface area contributed by atoms with Crippen LogP contribution in [0.2, 0.25) is 0 Å². The second-order valence-corrected chi connectivity index (χ2v) is 9.52. The molecule has 0 aromatic heterocycles. The van der Waals surface area contributed by atoms with E-state index >= 15 is 0 Å². The van der Waals surface area contributed by atoms with E-state index in [2.05, 4.69) is 26.1 Å². The number of amides is 4. The van der Waals surface area contributed by atoms with Gasteiger partial charge >= 0.3 is 6.03 Å². The SMILES string of the molecule is CC(C)(C)C1CCC2(CC1)NC(=O)N(CC(=O)N1CCCCC1CN)C2=O. The van der Waals surface area contributed by atoms with Crippen molar-refractivity contribution in [2.45, 2.75) is 77.3 Å². The zero-order chi connectivity index (χ0) is 19.8. The molecule has 0 radical (unpaired) electrons. The minimum absolute atomic E-state index is 0.0169. The van der Waals surface area contributed by atoms with Gasteiger partial charge in [0.15, 0.2) is 0 Å². The summed E-state index contributed by atoms with van der Waals surface area (Å²) in [5.74, 6) is 0.144. The standard InChI is InChI=1S/C20H34N4O3/c1-19(2,3)14-7-9-20(10-8-14)17(26)24(18(27)22-20)13-16(25)23-11-5-4-6-15(23)12-21/h14-15H,4-13,21H2,1-3H3,(H,22,27). The molecule has 2 heterocycles. The number of nitrogens with one attached hydrogen (secondary N) is 1. The summed E-state index contributed by atoms with van der Waals surface area (Å²) in [6.45, 7) is 7.57. The molecule has 1 spiro atoms. The highest BCUT2D eigenvalue weighted by atomic mass is 16.2. The van der Waals surface area contributed by atoms with Crippen LogP contribution >= 0.6 is 0 Å². The Labute approximate surface area is 162 Å². The van der Waals surface area contributed by atoms with Crippen molar-refractivity contribution in [3.8, 4) is 0 Å². The maximum absolute atomic E-state index is 13.1. The first-order valence-corrected chi connectivity index (χ1v) is 10.3. The van der Waals surface area contributed by atoms with Crippen LogP contribution in [-0.4, -0.2) is 58.9 Å². The zero-order valence-corrected chi connectivity index (χ0v) is 16.9. The molecule has 1 atom stereocenters. The van der Waals surface area contributed by atoms with Gasteiger partial charge in [0.2, 0.25) is 5.91 Å². The summed E-state index contributed by atoms with van der Waals surface area (Å²) in [6.07, 6.45) is 6.03. The second kappa shape index (κ2) is 7.41. The number of urea groups is 1. The van der Waals surface area contributed by atoms with Gasteiger partial charge in [0.05, 0.1) is 0 Å². The molecule has 7 heteroatoms. The summed E-state index contributed by atoms with van der Waals surface area (Å²) in [7, 11) is 0. The molecule has 3 N–H and O–H groups in total. The number of imide groups is 1. The molecule has 0 aromatic carbocycles. The first-order chi connectivity index (χ1) is 12.7. The van der Waals surface area contributed by atoms with Crippen LogP contribution < -0.4 is 11.1 Å². The van der Waals surface area contributed by atoms with Gasteiger partial charge in [-0.1, -0.05) is 20.8 Å². The number of hydrogen-bond acceptors (Lipinski definition) is 4. The summed E-state index contributed by atoms with van der Waals surface area (Å²) in [6, 6.07) is -0.410. The van der Waals surface area contributed by atoms with Crippen LogP contribution in [0.25, 0.3) is 0 Å². The number of nitrogens with two attached hydrogens (primary N) is 1. The highest BCUT2D eigenvalue weighted by Gasteiger charge is 2.53. The highest BCUT2D eigenvalue weighted by molar-refractivity contribution is 6.09. The largest absolute Gasteiger partial charge is 0.337 e. The molecular weight excluding hydrogens is 344 g/mol. The molecule has 1 saturated carbocycles. The Morgan fingerprint density at radius 3 is 2.44 bits per heavy atom. The average Bonchev–Trinajstić information content (AvgIpc) is 2.85. The third kappa shape index (κ3) is 3.84. The molecule has 3 rings (SSSR count). The number of nitrogens with zero attached hydrogens (tertiary/aromatic N) is 2. The lowest BCUT2D eigenvalue weighted by Gasteiger charge is -2.40. The average molecular weight is 379 g/mol. The number of hydrogen-bond donors (Lipinski definition) is 2. The van der Waals surface area contributed by atoms with Crippen LogP contribution in [0.1, 0.15) is 65.7 Å². The van der Waals surface area contributed by atoms with Crippen LogP contribution in [-0.2, 0) is 9.59 Å². The first kappa shape index (κ1) is 20.1. The Bertz CT molecular complexity index is 605. The molecule has 2 saturated heterocycles. The van der Waals surface area contributed by atoms with Gasteiger partial charge in [0.1, 0.15) is 12.1 Å². The van der Waals surface area contributed by atoms with Crippen molar-refractivity contribution in [3.05, 3.63) is 0 Å². The Balaban J connectivity index is 1.65. The van der Waals surface area contributed by atoms with Gasteiger partial charge in [0.25, 0.3) is 5.91 Å². The van der Waals surface area contributed by atoms with Crippen LogP contribution in [0.5, 0.6) is 0 Å². The van der Waals surface area contributed by atoms with Gasteiger partial charge in [-0.2, -0.15) is 0 Å². The molecule has 3 aliphatic rings. The number of likely N-dealkylation sites (tertiary alicyclic amines) is 1. The van der Waals surface area contributed by atoms with Crippen molar-refractivity contribution in [3.63, 3.8) is 0 Å². The molecule has 7 nitrogen and oxygen atoms in total. The van der Waals surface area contributed by atoms with E-state index in [1.807, 2.05) is 0 Å². The van der Waals surface area contributed by atoms with Crippen molar-refractivity contribution in [2.24, 2.45) is 17.1 Å². The predicted molar refractivity (Wildman–Crippen MR) is 103 cm³/mol. The summed E-state index contributed by atoms with van der Waals surface area (Å²) in [4.78, 5) is 41.2. The lowest BCUT2D eigenvalue weighted by atomic mass is 9.67. The molecule has 2 aliphatic heterocycles. The van der Waals surface area contributed by atoms with Crippen molar-refractivity contribution in [1.82, 2.24) is 15.1 Å². The lowest BCUT2D eigenvalue weighted by molar-refractivity contribution is -0.141. The smallest absolute Gasteiger partial charge is 0.325 e. The van der Waals surface area contributed by atoms with E-state index in [9.17, 15) is 14.4 Å². The van der Waals surface area contributed by atoms with Crippen molar-refractivity contribution < 1.29 is 14.4 Å². The topological polar surface area (TPSA) is 95.7 Å². The molecule has 0 aromatic rings. The summed E-state index contributed by atoms with van der Waals surface area (Å²) >= 11 is 0. The summed E-state index contributed by atoms with van der Waals surface area (Å²) in [5.41, 5.74) is 5.19. The number of rotatable bonds is 3. The maximum Gasteiger partial charge on any atom is 0.325 e. The van der Waals surface area contributed by atoms with Crippen molar-refractivity contribution in [1.29, 1.82) is 0 Å². The van der Waals surface area contributed by atoms with E-state index in [0.29, 0.717) is 31.8 Å². The van der Waals surface area contributed by atoms with E-state index < -0.39 is 11.6 Å². The van der Waals surface area contributed by atoms with Gasteiger partial charge in [0, 0.05) is 19.1 Å². The van der Waals surface area contributed by atoms with Crippen LogP contribution in [0.4, 0.5) is 4.79 Å². The highest BCUT2D eigenvalue weighted by Crippen LogP contribution is 2.43. The van der Waals surface area contributed by atoms with Gasteiger partial charge in [-0.05, 0) is 56.3 Å². The molecular formula is C20H34N4O3. The van der Waals surface area contributed by atoms with Gasteiger partial charge in [-0.15, -0.1) is 0 Å². The van der Waals surface area contributed by atoms with E-state index in [4.69, 9.17) is 5.73 Å². The lowest BCUT2D eigenvalue weighted by Crippen LogP contribution is -2.53. The summed E-state index contributed by atoms with van der Waals surface area (Å²) in [5, 5.41) is 2.92. The second-order valence-electron chi connectivity index (χ2n) is 9.52. The third-order valence-electron chi connectivity index (χ3n) is 6.82. The Hall–Kier alpha value is -1.63. The fourth-order valence-corrected chi connectivity index (χ4v) is 4.94. The van der Waals surface area contributed by atoms with E-state index in [1.54, 1.807) is 4.90 Å². The maximum atomic E-state index is 13.1. The molecule has 0 bridgehead atoms. The predicted octanol–water partition coefficient (Wildman–Crippen LogP) is 1.85. The third-order valence-corrected chi connectivity index (χ3v) is 6.82. The molecule has 4 amide bonds. The summed E-state index contributed by atoms with van der Waals surface area (Å²) < 4.78 is 0. The fraction of sp³-hybridized carbons (Fsp3) is 0.850. The molecule has 1 aliphatic carbocycles. The Morgan fingerprint density at radius 2 is 1.85 bits per heavy atom. The first-order valence-electron chi connectivity index (χ1n) is 10.3. The van der Waals surface area contributed by atoms with Crippen LogP contribution in [0, 0.1) is 11.3 Å². The van der Waals surface area contributed by atoms with Gasteiger partial charge < -0.3 is 16.0 Å². The monoisotopic (exact) mass is 378 g/mol. The van der Waals surface area contributed by atoms with E-state index in [-0.39, 0.29) is 29.8 Å². The molecule has 1 unspecified atom stereocenters. The van der Waals surface area contributed by atoms with Crippen molar-refractivity contribution >= 4 is 17.8 Å². The fourth-order valence-electron chi connectivity index (χ4n) is 4.94. The molecule has 27 heavy (non-hydrogen) atoms. The number of carbonyl (C=O) groups excluding carboxylic acids is 3. The Morgan fingerprint density at radius 1 is 1.19 bits per heavy atom. The molecule has 3 fully saturated rings. The van der Waals surface area contributed by atoms with Crippen molar-refractivity contribution in [2.75, 3.05) is 19.6 Å². The van der Waals surface area contributed by atoms with Crippen LogP contribution in [0.3, 0.4) is 0 Å². The number of piperidine rings is 1.